The van der Waals surface area contributed by atoms with Gasteiger partial charge in [-0.2, -0.15) is 0 Å². The smallest absolute Gasteiger partial charge is 0.174 e. The second-order valence-corrected chi connectivity index (χ2v) is 8.58. The van der Waals surface area contributed by atoms with Crippen molar-refractivity contribution in [1.82, 2.24) is 14.9 Å². The molecule has 3 heterocycles. The van der Waals surface area contributed by atoms with Crippen molar-refractivity contribution in [2.45, 2.75) is 12.1 Å². The molecule has 2 aromatic heterocycles. The Morgan fingerprint density at radius 3 is 2.47 bits per heavy atom. The zero-order valence-electron chi connectivity index (χ0n) is 18.7. The fourth-order valence-corrected chi connectivity index (χ4v) is 5.02. The van der Waals surface area contributed by atoms with Crippen LogP contribution in [-0.2, 0) is 0 Å². The van der Waals surface area contributed by atoms with Crippen molar-refractivity contribution in [3.8, 4) is 17.2 Å². The molecule has 1 fully saturated rings. The first-order valence-electron chi connectivity index (χ1n) is 10.8. The molecule has 5 rings (SSSR count). The first-order chi connectivity index (χ1) is 16.6. The Kier molecular flexibility index (Phi) is 6.13. The van der Waals surface area contributed by atoms with Crippen LogP contribution in [0.1, 0.15) is 23.5 Å². The maximum Gasteiger partial charge on any atom is 0.174 e. The van der Waals surface area contributed by atoms with Crippen molar-refractivity contribution in [3.63, 3.8) is 0 Å². The van der Waals surface area contributed by atoms with Gasteiger partial charge in [0.1, 0.15) is 17.5 Å². The van der Waals surface area contributed by atoms with Gasteiger partial charge in [0.05, 0.1) is 36.7 Å². The van der Waals surface area contributed by atoms with E-state index >= 15 is 0 Å². The third kappa shape index (κ3) is 3.87. The van der Waals surface area contributed by atoms with Gasteiger partial charge >= 0.3 is 0 Å². The molecule has 1 saturated heterocycles. The SMILES string of the molecule is COc1ccc(N2C(=S)N[C@H](c3ccccn3)[C@@H]2c2cccn2-c2ccccc2OC)cc1Cl. The Hall–Kier alpha value is -3.55. The third-order valence-corrected chi connectivity index (χ3v) is 6.55. The number of hydrogen-bond donors (Lipinski definition) is 1. The number of benzene rings is 2. The van der Waals surface area contributed by atoms with Gasteiger partial charge in [-0.15, -0.1) is 0 Å². The molecule has 0 bridgehead atoms. The lowest BCUT2D eigenvalue weighted by atomic mass is 10.0. The molecule has 1 aliphatic rings. The Balaban J connectivity index is 1.68. The van der Waals surface area contributed by atoms with E-state index in [1.807, 2.05) is 72.9 Å². The molecule has 6 nitrogen and oxygen atoms in total. The van der Waals surface area contributed by atoms with Gasteiger partial charge in [0.25, 0.3) is 0 Å². The van der Waals surface area contributed by atoms with Crippen molar-refractivity contribution in [3.05, 3.63) is 102 Å². The first-order valence-corrected chi connectivity index (χ1v) is 11.6. The molecule has 0 saturated carbocycles. The molecule has 0 amide bonds. The normalized spacial score (nSPS) is 17.5. The highest BCUT2D eigenvalue weighted by molar-refractivity contribution is 7.80. The molecule has 0 unspecified atom stereocenters. The monoisotopic (exact) mass is 490 g/mol. The maximum absolute atomic E-state index is 6.50. The average Bonchev–Trinajstić information content (AvgIpc) is 3.48. The second kappa shape index (κ2) is 9.37. The second-order valence-electron chi connectivity index (χ2n) is 7.79. The van der Waals surface area contributed by atoms with E-state index in [4.69, 9.17) is 33.3 Å². The number of halogens is 1. The summed E-state index contributed by atoms with van der Waals surface area (Å²) in [6, 6.07) is 23.3. The molecule has 1 aliphatic heterocycles. The summed E-state index contributed by atoms with van der Waals surface area (Å²) in [4.78, 5) is 6.72. The van der Waals surface area contributed by atoms with Crippen LogP contribution in [-0.4, -0.2) is 28.9 Å². The first kappa shape index (κ1) is 22.3. The van der Waals surface area contributed by atoms with E-state index in [0.717, 1.165) is 28.5 Å². The molecule has 2 atom stereocenters. The molecular weight excluding hydrogens is 468 g/mol. The standard InChI is InChI=1S/C26H23ClN4O2S/c1-32-22-13-12-17(16-18(22)27)31-25(24(29-26(31)34)19-8-5-6-14-28-19)21-10-7-15-30(21)20-9-3-4-11-23(20)33-2/h3-16,24-25H,1-2H3,(H,29,34)/t24-,25+/m1/s1. The van der Waals surface area contributed by atoms with Crippen molar-refractivity contribution in [2.75, 3.05) is 19.1 Å². The Labute approximate surface area is 208 Å². The van der Waals surface area contributed by atoms with Crippen LogP contribution in [0.3, 0.4) is 0 Å². The quantitative estimate of drug-likeness (QED) is 0.349. The number of para-hydroxylation sites is 2. The number of nitrogens with one attached hydrogen (secondary N) is 1. The van der Waals surface area contributed by atoms with Crippen LogP contribution in [0.15, 0.2) is 85.2 Å². The van der Waals surface area contributed by atoms with Crippen LogP contribution in [0.25, 0.3) is 5.69 Å². The number of nitrogens with zero attached hydrogens (tertiary/aromatic N) is 3. The Bertz CT molecular complexity index is 1330. The zero-order chi connectivity index (χ0) is 23.7. The van der Waals surface area contributed by atoms with E-state index in [2.05, 4.69) is 25.8 Å². The van der Waals surface area contributed by atoms with Gasteiger partial charge in [-0.25, -0.2) is 0 Å². The highest BCUT2D eigenvalue weighted by Crippen LogP contribution is 2.44. The maximum atomic E-state index is 6.50. The molecule has 0 radical (unpaired) electrons. The van der Waals surface area contributed by atoms with Gasteiger partial charge in [-0.3, -0.25) is 4.98 Å². The van der Waals surface area contributed by atoms with Crippen molar-refractivity contribution in [1.29, 1.82) is 0 Å². The van der Waals surface area contributed by atoms with Crippen molar-refractivity contribution in [2.24, 2.45) is 0 Å². The topological polar surface area (TPSA) is 51.5 Å². The van der Waals surface area contributed by atoms with E-state index in [9.17, 15) is 0 Å². The predicted octanol–water partition coefficient (Wildman–Crippen LogP) is 5.72. The summed E-state index contributed by atoms with van der Waals surface area (Å²) in [5, 5.41) is 4.60. The lowest BCUT2D eigenvalue weighted by molar-refractivity contribution is 0.412. The number of thiocarbonyl (C=S) groups is 1. The summed E-state index contributed by atoms with van der Waals surface area (Å²) >= 11 is 12.3. The summed E-state index contributed by atoms with van der Waals surface area (Å²) in [6.07, 6.45) is 3.83. The van der Waals surface area contributed by atoms with Gasteiger partial charge in [-0.05, 0) is 66.8 Å². The summed E-state index contributed by atoms with van der Waals surface area (Å²) in [5.74, 6) is 1.39. The predicted molar refractivity (Wildman–Crippen MR) is 138 cm³/mol. The number of pyridine rings is 1. The molecule has 172 valence electrons. The minimum Gasteiger partial charge on any atom is -0.495 e. The Morgan fingerprint density at radius 1 is 0.941 bits per heavy atom. The molecule has 4 aromatic rings. The van der Waals surface area contributed by atoms with Gasteiger partial charge in [-0.1, -0.05) is 29.8 Å². The van der Waals surface area contributed by atoms with Crippen LogP contribution >= 0.6 is 23.8 Å². The van der Waals surface area contributed by atoms with Crippen molar-refractivity contribution < 1.29 is 9.47 Å². The third-order valence-electron chi connectivity index (χ3n) is 5.94. The zero-order valence-corrected chi connectivity index (χ0v) is 20.3. The van der Waals surface area contributed by atoms with Crippen LogP contribution in [0.2, 0.25) is 5.02 Å². The number of rotatable bonds is 6. The summed E-state index contributed by atoms with van der Waals surface area (Å²) < 4.78 is 13.1. The van der Waals surface area contributed by atoms with Gasteiger partial charge in [0, 0.05) is 23.8 Å². The highest BCUT2D eigenvalue weighted by Gasteiger charge is 2.42. The van der Waals surface area contributed by atoms with Gasteiger partial charge in [0.2, 0.25) is 0 Å². The number of ether oxygens (including phenoxy) is 2. The largest absolute Gasteiger partial charge is 0.495 e. The van der Waals surface area contributed by atoms with Crippen LogP contribution < -0.4 is 19.7 Å². The van der Waals surface area contributed by atoms with E-state index in [1.165, 1.54) is 0 Å². The van der Waals surface area contributed by atoms with Crippen molar-refractivity contribution >= 4 is 34.6 Å². The summed E-state index contributed by atoms with van der Waals surface area (Å²) in [7, 11) is 3.28. The summed E-state index contributed by atoms with van der Waals surface area (Å²) in [6.45, 7) is 0. The van der Waals surface area contributed by atoms with E-state index in [-0.39, 0.29) is 12.1 Å². The lowest BCUT2D eigenvalue weighted by Gasteiger charge is -2.29. The number of hydrogen-bond acceptors (Lipinski definition) is 4. The van der Waals surface area contributed by atoms with Crippen LogP contribution in [0.4, 0.5) is 5.69 Å². The molecule has 0 spiro atoms. The molecular formula is C26H23ClN4O2S. The highest BCUT2D eigenvalue weighted by atomic mass is 35.5. The fraction of sp³-hybridized carbons (Fsp3) is 0.154. The van der Waals surface area contributed by atoms with Crippen LogP contribution in [0.5, 0.6) is 11.5 Å². The van der Waals surface area contributed by atoms with Crippen LogP contribution in [0, 0.1) is 0 Å². The minimum absolute atomic E-state index is 0.182. The lowest BCUT2D eigenvalue weighted by Crippen LogP contribution is -2.30. The minimum atomic E-state index is -0.202. The van der Waals surface area contributed by atoms with E-state index in [0.29, 0.717) is 15.9 Å². The molecule has 8 heteroatoms. The molecule has 0 aliphatic carbocycles. The number of methoxy groups -OCH3 is 2. The molecule has 34 heavy (non-hydrogen) atoms. The molecule has 2 aromatic carbocycles. The number of aromatic nitrogens is 2. The summed E-state index contributed by atoms with van der Waals surface area (Å²) in [5.41, 5.74) is 3.72. The number of anilines is 1. The van der Waals surface area contributed by atoms with E-state index in [1.54, 1.807) is 20.4 Å². The molecule has 1 N–H and O–H groups in total. The van der Waals surface area contributed by atoms with E-state index < -0.39 is 0 Å². The van der Waals surface area contributed by atoms with Gasteiger partial charge < -0.3 is 24.3 Å². The van der Waals surface area contributed by atoms with Gasteiger partial charge in [0.15, 0.2) is 5.11 Å². The fourth-order valence-electron chi connectivity index (χ4n) is 4.42. The Morgan fingerprint density at radius 2 is 1.74 bits per heavy atom. The average molecular weight is 491 g/mol.